The van der Waals surface area contributed by atoms with Gasteiger partial charge in [-0.1, -0.05) is 0 Å². The van der Waals surface area contributed by atoms with Gasteiger partial charge in [0, 0.05) is 12.1 Å². The molecule has 0 radical (unpaired) electrons. The first-order valence-corrected chi connectivity index (χ1v) is 9.15. The average molecular weight is 596 g/mol. The topological polar surface area (TPSA) is 178 Å². The third-order valence-corrected chi connectivity index (χ3v) is 3.42. The van der Waals surface area contributed by atoms with Crippen LogP contribution in [0.3, 0.4) is 0 Å². The Morgan fingerprint density at radius 3 is 1.36 bits per heavy atom. The molecule has 2 heterocycles. The Kier molecular flexibility index (Phi) is 19.6. The van der Waals surface area contributed by atoms with E-state index in [1.807, 2.05) is 0 Å². The molecule has 2 aromatic rings. The number of aromatic nitrogens is 2. The molecule has 0 aliphatic carbocycles. The van der Waals surface area contributed by atoms with Gasteiger partial charge >= 0.3 is 11.9 Å². The summed E-state index contributed by atoms with van der Waals surface area (Å²) < 4.78 is 12.7. The summed E-state index contributed by atoms with van der Waals surface area (Å²) in [5, 5.41) is 0. The lowest BCUT2D eigenvalue weighted by molar-refractivity contribution is -0.684. The van der Waals surface area contributed by atoms with E-state index in [4.69, 9.17) is 20.9 Å². The van der Waals surface area contributed by atoms with Crippen molar-refractivity contribution in [1.82, 2.24) is 0 Å². The highest BCUT2D eigenvalue weighted by Gasteiger charge is 2.13. The largest absolute Gasteiger partial charge is 1.00 e. The number of hydrogen-bond acceptors (Lipinski definition) is 6. The maximum atomic E-state index is 11.3. The second kappa shape index (κ2) is 18.7. The number of amides is 2. The first-order chi connectivity index (χ1) is 14.3. The zero-order valence-electron chi connectivity index (χ0n) is 18.2. The molecule has 0 bridgehead atoms. The van der Waals surface area contributed by atoms with E-state index in [1.54, 1.807) is 50.5 Å². The third kappa shape index (κ3) is 14.0. The van der Waals surface area contributed by atoms with Gasteiger partial charge in [-0.05, 0) is 26.0 Å². The Labute approximate surface area is 212 Å². The van der Waals surface area contributed by atoms with E-state index in [-0.39, 0.29) is 52.5 Å². The number of hydrogen-bond donors (Lipinski definition) is 2. The van der Waals surface area contributed by atoms with Crippen molar-refractivity contribution in [3.05, 3.63) is 60.2 Å². The van der Waals surface area contributed by atoms with E-state index in [1.165, 1.54) is 21.5 Å². The first-order valence-electron chi connectivity index (χ1n) is 9.15. The molecule has 184 valence electrons. The van der Waals surface area contributed by atoms with Crippen molar-refractivity contribution >= 4 is 23.8 Å². The van der Waals surface area contributed by atoms with Crippen LogP contribution >= 0.6 is 0 Å². The average Bonchev–Trinajstić information content (AvgIpc) is 2.68. The van der Waals surface area contributed by atoms with Gasteiger partial charge in [-0.25, -0.2) is 9.59 Å². The Bertz CT molecular complexity index is 840. The van der Waals surface area contributed by atoms with Crippen LogP contribution in [0.25, 0.3) is 0 Å². The van der Waals surface area contributed by atoms with Crippen LogP contribution in [-0.2, 0) is 32.2 Å². The summed E-state index contributed by atoms with van der Waals surface area (Å²) in [5.41, 5.74) is 10.9. The Morgan fingerprint density at radius 1 is 0.758 bits per heavy atom. The number of nitrogens with zero attached hydrogens (tertiary/aromatic N) is 2. The van der Waals surface area contributed by atoms with Crippen molar-refractivity contribution in [2.24, 2.45) is 11.5 Å². The van der Waals surface area contributed by atoms with Crippen LogP contribution in [0.15, 0.2) is 49.1 Å². The van der Waals surface area contributed by atoms with Gasteiger partial charge in [-0.3, -0.25) is 9.59 Å². The molecule has 0 fully saturated rings. The van der Waals surface area contributed by atoms with Crippen molar-refractivity contribution in [3.63, 3.8) is 0 Å². The zero-order valence-corrected chi connectivity index (χ0v) is 21.4. The maximum Gasteiger partial charge on any atom is 0.344 e. The van der Waals surface area contributed by atoms with E-state index in [0.717, 1.165) is 0 Å². The van der Waals surface area contributed by atoms with E-state index >= 15 is 0 Å². The van der Waals surface area contributed by atoms with Crippen LogP contribution in [0.1, 0.15) is 34.6 Å². The molecular weight excluding hydrogens is 568 g/mol. The van der Waals surface area contributed by atoms with Gasteiger partial charge in [0.15, 0.2) is 24.8 Å². The number of carbonyl (C=O) groups excluding carboxylic acids is 4. The van der Waals surface area contributed by atoms with Crippen LogP contribution in [0.4, 0.5) is 0 Å². The van der Waals surface area contributed by atoms with Crippen molar-refractivity contribution < 1.29 is 77.2 Å². The van der Waals surface area contributed by atoms with Crippen molar-refractivity contribution in [3.8, 4) is 0 Å². The summed E-state index contributed by atoms with van der Waals surface area (Å²) in [7, 11) is 0. The molecule has 2 aromatic heterocycles. The molecule has 0 spiro atoms. The molecule has 0 aliphatic rings. The minimum atomic E-state index is -0.457. The molecule has 33 heavy (non-hydrogen) atoms. The first kappa shape index (κ1) is 34.7. The lowest BCUT2D eigenvalue weighted by Crippen LogP contribution is -3.00. The Hall–Kier alpha value is -2.90. The minimum absolute atomic E-state index is 0. The smallest absolute Gasteiger partial charge is 0.344 e. The summed E-state index contributed by atoms with van der Waals surface area (Å²) in [4.78, 5) is 44.0. The highest BCUT2D eigenvalue weighted by Crippen LogP contribution is 1.98. The summed E-state index contributed by atoms with van der Waals surface area (Å²) in [5.74, 6) is -1.73. The minimum Gasteiger partial charge on any atom is -1.00 e. The molecule has 6 N–H and O–H groups in total. The van der Waals surface area contributed by atoms with Crippen molar-refractivity contribution in [1.29, 1.82) is 0 Å². The standard InChI is InChI=1S/2C10H12N2O3.2BrH.H2O/c2*1-2-15-10(14)8-4-3-5-12(6-8)7-9(11)13;;;/h2*3-6H,2,7H2,1H3,(H-,11,13);2*1H;1H2. The number of halogens is 2. The second-order valence-electron chi connectivity index (χ2n) is 5.90. The maximum absolute atomic E-state index is 11.3. The van der Waals surface area contributed by atoms with Crippen LogP contribution in [0.2, 0.25) is 0 Å². The quantitative estimate of drug-likeness (QED) is 0.226. The van der Waals surface area contributed by atoms with Gasteiger partial charge in [-0.15, -0.1) is 0 Å². The van der Waals surface area contributed by atoms with Crippen LogP contribution in [0.5, 0.6) is 0 Å². The molecule has 2 amide bonds. The van der Waals surface area contributed by atoms with Gasteiger partial charge < -0.3 is 60.4 Å². The molecule has 0 saturated carbocycles. The van der Waals surface area contributed by atoms with Gasteiger partial charge in [-0.2, -0.15) is 9.13 Å². The SMILES string of the molecule is CCOC(=O)c1ccc[n+](CC(N)=O)c1.CCOC(=O)c1ccc[n+](CC(N)=O)c1.O.[Br-].[Br-]. The predicted molar refractivity (Wildman–Crippen MR) is 107 cm³/mol. The fourth-order valence-electron chi connectivity index (χ4n) is 2.27. The number of esters is 2. The number of nitrogens with two attached hydrogens (primary N) is 2. The second-order valence-corrected chi connectivity index (χ2v) is 5.90. The van der Waals surface area contributed by atoms with Gasteiger partial charge in [0.05, 0.1) is 13.2 Å². The molecular formula is C20H28Br2N4O7. The highest BCUT2D eigenvalue weighted by molar-refractivity contribution is 5.89. The van der Waals surface area contributed by atoms with Crippen LogP contribution in [0, 0.1) is 0 Å². The monoisotopic (exact) mass is 594 g/mol. The van der Waals surface area contributed by atoms with E-state index in [2.05, 4.69) is 0 Å². The lowest BCUT2D eigenvalue weighted by atomic mass is 10.3. The van der Waals surface area contributed by atoms with Crippen LogP contribution < -0.4 is 54.6 Å². The molecule has 0 aliphatic heterocycles. The van der Waals surface area contributed by atoms with Gasteiger partial charge in [0.1, 0.15) is 11.1 Å². The molecule has 13 heteroatoms. The summed E-state index contributed by atoms with van der Waals surface area (Å²) >= 11 is 0. The third-order valence-electron chi connectivity index (χ3n) is 3.42. The summed E-state index contributed by atoms with van der Waals surface area (Å²) in [6.07, 6.45) is 6.38. The predicted octanol–water partition coefficient (Wildman–Crippen LogP) is -7.54. The van der Waals surface area contributed by atoms with Gasteiger partial charge in [0.25, 0.3) is 11.8 Å². The normalized spacial score (nSPS) is 8.79. The molecule has 2 rings (SSSR count). The van der Waals surface area contributed by atoms with E-state index < -0.39 is 23.8 Å². The number of pyridine rings is 2. The van der Waals surface area contributed by atoms with Crippen molar-refractivity contribution in [2.75, 3.05) is 13.2 Å². The fraction of sp³-hybridized carbons (Fsp3) is 0.300. The van der Waals surface area contributed by atoms with E-state index in [0.29, 0.717) is 24.3 Å². The fourth-order valence-corrected chi connectivity index (χ4v) is 2.27. The van der Waals surface area contributed by atoms with Crippen molar-refractivity contribution in [2.45, 2.75) is 26.9 Å². The lowest BCUT2D eigenvalue weighted by Gasteiger charge is -2.00. The Morgan fingerprint density at radius 2 is 1.09 bits per heavy atom. The molecule has 0 saturated heterocycles. The zero-order chi connectivity index (χ0) is 22.5. The highest BCUT2D eigenvalue weighted by atomic mass is 79.9. The molecule has 11 nitrogen and oxygen atoms in total. The Balaban J connectivity index is -0.000000500. The number of primary amides is 2. The van der Waals surface area contributed by atoms with Crippen LogP contribution in [-0.4, -0.2) is 42.4 Å². The molecule has 0 atom stereocenters. The number of ether oxygens (including phenoxy) is 2. The molecule has 0 unspecified atom stereocenters. The van der Waals surface area contributed by atoms with Gasteiger partial charge in [0.2, 0.25) is 13.1 Å². The van der Waals surface area contributed by atoms with E-state index in [9.17, 15) is 19.2 Å². The number of carbonyl (C=O) groups is 4. The molecule has 0 aromatic carbocycles. The summed E-state index contributed by atoms with van der Waals surface area (Å²) in [6.45, 7) is 4.21. The summed E-state index contributed by atoms with van der Waals surface area (Å²) in [6, 6.07) is 6.56. The number of rotatable bonds is 8.